The summed E-state index contributed by atoms with van der Waals surface area (Å²) in [7, 11) is 0. The lowest BCUT2D eigenvalue weighted by atomic mass is 9.96. The van der Waals surface area contributed by atoms with Crippen molar-refractivity contribution in [1.82, 2.24) is 14.8 Å². The standard InChI is InChI=1S/C33H33F3N6O2S/c1-20-7-6-8-21(2)29(20)42-22(3)17-18-45-32(42)39-31(43)38-24(5)23(4)25-9-11-26(12-10-25)30-37-19-41(40-30)27-13-15-28(16-14-27)44-33(34,35)36/h6-16,19,22-23H,17-18H2,1-5H3. The van der Waals surface area contributed by atoms with E-state index < -0.39 is 12.4 Å². The molecule has 45 heavy (non-hydrogen) atoms. The van der Waals surface area contributed by atoms with Crippen LogP contribution in [0.5, 0.6) is 5.75 Å². The first kappa shape index (κ1) is 32.0. The maximum Gasteiger partial charge on any atom is 0.573 e. The normalized spacial score (nSPS) is 17.4. The fourth-order valence-electron chi connectivity index (χ4n) is 5.13. The number of halogens is 3. The Labute approximate surface area is 264 Å². The van der Waals surface area contributed by atoms with Crippen LogP contribution < -0.4 is 9.64 Å². The maximum atomic E-state index is 13.1. The minimum Gasteiger partial charge on any atom is -0.406 e. The molecule has 0 aliphatic carbocycles. The molecule has 1 fully saturated rings. The van der Waals surface area contributed by atoms with Gasteiger partial charge in [0, 0.05) is 34.7 Å². The number of urea groups is 1. The van der Waals surface area contributed by atoms with Crippen LogP contribution in [-0.2, 0) is 0 Å². The van der Waals surface area contributed by atoms with E-state index >= 15 is 0 Å². The van der Waals surface area contributed by atoms with Crippen LogP contribution >= 0.6 is 11.8 Å². The van der Waals surface area contributed by atoms with Crippen molar-refractivity contribution in [3.8, 4) is 22.8 Å². The van der Waals surface area contributed by atoms with Gasteiger partial charge in [-0.25, -0.2) is 19.5 Å². The highest BCUT2D eigenvalue weighted by molar-refractivity contribution is 8.14. The number of rotatable bonds is 6. The maximum absolute atomic E-state index is 13.1. The molecule has 0 saturated carbocycles. The van der Waals surface area contributed by atoms with E-state index in [1.165, 1.54) is 35.3 Å². The largest absolute Gasteiger partial charge is 0.573 e. The van der Waals surface area contributed by atoms with E-state index in [0.29, 0.717) is 22.4 Å². The summed E-state index contributed by atoms with van der Waals surface area (Å²) < 4.78 is 42.7. The molecule has 12 heteroatoms. The van der Waals surface area contributed by atoms with Crippen LogP contribution in [0.15, 0.2) is 83.0 Å². The van der Waals surface area contributed by atoms with Crippen molar-refractivity contribution in [3.63, 3.8) is 0 Å². The van der Waals surface area contributed by atoms with Crippen molar-refractivity contribution in [2.45, 2.75) is 59.4 Å². The number of amides is 2. The number of nitrogens with zero attached hydrogens (tertiary/aromatic N) is 6. The first-order valence-electron chi connectivity index (χ1n) is 14.4. The van der Waals surface area contributed by atoms with Crippen molar-refractivity contribution in [3.05, 3.63) is 89.7 Å². The molecule has 0 radical (unpaired) electrons. The van der Waals surface area contributed by atoms with Crippen molar-refractivity contribution in [1.29, 1.82) is 0 Å². The van der Waals surface area contributed by atoms with E-state index in [4.69, 9.17) is 0 Å². The van der Waals surface area contributed by atoms with E-state index in [1.54, 1.807) is 11.8 Å². The molecule has 2 heterocycles. The monoisotopic (exact) mass is 634 g/mol. The van der Waals surface area contributed by atoms with Gasteiger partial charge in [0.2, 0.25) is 0 Å². The topological polar surface area (TPSA) is 85.0 Å². The fraction of sp³-hybridized carbons (Fsp3) is 0.303. The number of aromatic nitrogens is 3. The summed E-state index contributed by atoms with van der Waals surface area (Å²) >= 11 is 1.58. The van der Waals surface area contributed by atoms with E-state index in [-0.39, 0.29) is 17.7 Å². The zero-order valence-corrected chi connectivity index (χ0v) is 26.4. The van der Waals surface area contributed by atoms with Crippen molar-refractivity contribution < 1.29 is 22.7 Å². The quantitative estimate of drug-likeness (QED) is 0.198. The van der Waals surface area contributed by atoms with Gasteiger partial charge in [0.15, 0.2) is 11.0 Å². The number of anilines is 1. The van der Waals surface area contributed by atoms with Crippen molar-refractivity contribution >= 4 is 34.4 Å². The van der Waals surface area contributed by atoms with Gasteiger partial charge in [-0.1, -0.05) is 61.2 Å². The molecule has 2 atom stereocenters. The van der Waals surface area contributed by atoms with Crippen molar-refractivity contribution in [2.24, 2.45) is 9.98 Å². The summed E-state index contributed by atoms with van der Waals surface area (Å²) in [6.45, 7) is 10.1. The molecule has 5 rings (SSSR count). The third-order valence-corrected chi connectivity index (χ3v) is 8.67. The van der Waals surface area contributed by atoms with Crippen LogP contribution in [-0.4, -0.2) is 49.8 Å². The Bertz CT molecular complexity index is 1710. The third kappa shape index (κ3) is 7.62. The van der Waals surface area contributed by atoms with Gasteiger partial charge < -0.3 is 9.64 Å². The number of hydrogen-bond acceptors (Lipinski definition) is 5. The number of aryl methyl sites for hydroxylation is 2. The molecule has 2 unspecified atom stereocenters. The Morgan fingerprint density at radius 1 is 1.04 bits per heavy atom. The molecular weight excluding hydrogens is 601 g/mol. The van der Waals surface area contributed by atoms with Crippen LogP contribution in [0.4, 0.5) is 23.7 Å². The summed E-state index contributed by atoms with van der Waals surface area (Å²) in [6.07, 6.45) is -2.27. The number of aliphatic imine (C=N–C) groups is 2. The molecule has 3 aromatic carbocycles. The minimum absolute atomic E-state index is 0.140. The third-order valence-electron chi connectivity index (χ3n) is 7.68. The molecule has 2 amide bonds. The molecule has 0 spiro atoms. The Morgan fingerprint density at radius 2 is 1.71 bits per heavy atom. The number of benzene rings is 3. The predicted octanol–water partition coefficient (Wildman–Crippen LogP) is 8.52. The minimum atomic E-state index is -4.75. The Balaban J connectivity index is 1.28. The summed E-state index contributed by atoms with van der Waals surface area (Å²) in [5.41, 5.74) is 6.25. The van der Waals surface area contributed by atoms with Gasteiger partial charge >= 0.3 is 12.4 Å². The van der Waals surface area contributed by atoms with Crippen LogP contribution in [0, 0.1) is 13.8 Å². The second kappa shape index (κ2) is 13.3. The summed E-state index contributed by atoms with van der Waals surface area (Å²) in [5, 5.41) is 5.13. The summed E-state index contributed by atoms with van der Waals surface area (Å²) in [5.74, 6) is 0.884. The zero-order valence-electron chi connectivity index (χ0n) is 25.5. The average molecular weight is 635 g/mol. The predicted molar refractivity (Wildman–Crippen MR) is 173 cm³/mol. The number of para-hydroxylation sites is 1. The SMILES string of the molecule is CC(=NC(=O)N=C1SCCC(C)N1c1c(C)cccc1C)C(C)c1ccc(-c2ncn(-c3ccc(OC(F)(F)F)cc3)n2)cc1. The zero-order chi connectivity index (χ0) is 32.3. The van der Waals surface area contributed by atoms with Crippen molar-refractivity contribution in [2.75, 3.05) is 10.7 Å². The molecule has 0 bridgehead atoms. The fourth-order valence-corrected chi connectivity index (χ4v) is 6.33. The van der Waals surface area contributed by atoms with E-state index in [9.17, 15) is 18.0 Å². The van der Waals surface area contributed by atoms with Gasteiger partial charge in [-0.05, 0) is 75.1 Å². The molecule has 1 saturated heterocycles. The smallest absolute Gasteiger partial charge is 0.406 e. The molecule has 8 nitrogen and oxygen atoms in total. The number of carbonyl (C=O) groups is 1. The number of carbonyl (C=O) groups excluding carboxylic acids is 1. The first-order chi connectivity index (χ1) is 21.4. The van der Waals surface area contributed by atoms with Gasteiger partial charge in [-0.2, -0.15) is 4.99 Å². The molecule has 1 aliphatic heterocycles. The number of hydrogen-bond donors (Lipinski definition) is 0. The van der Waals surface area contributed by atoms with Crippen LogP contribution in [0.25, 0.3) is 17.1 Å². The van der Waals surface area contributed by atoms with E-state index in [2.05, 4.69) is 62.6 Å². The summed E-state index contributed by atoms with van der Waals surface area (Å²) in [6, 6.07) is 18.8. The lowest BCUT2D eigenvalue weighted by molar-refractivity contribution is -0.274. The number of ether oxygens (including phenoxy) is 1. The van der Waals surface area contributed by atoms with Gasteiger partial charge in [-0.15, -0.1) is 18.3 Å². The van der Waals surface area contributed by atoms with Crippen LogP contribution in [0.3, 0.4) is 0 Å². The first-order valence-corrected chi connectivity index (χ1v) is 15.4. The Kier molecular flexibility index (Phi) is 9.42. The average Bonchev–Trinajstić information content (AvgIpc) is 3.48. The van der Waals surface area contributed by atoms with Gasteiger partial charge in [0.05, 0.1) is 5.69 Å². The van der Waals surface area contributed by atoms with Gasteiger partial charge in [0.1, 0.15) is 12.1 Å². The van der Waals surface area contributed by atoms with E-state index in [1.807, 2.05) is 44.2 Å². The van der Waals surface area contributed by atoms with Gasteiger partial charge in [0.25, 0.3) is 0 Å². The second-order valence-electron chi connectivity index (χ2n) is 10.9. The highest BCUT2D eigenvalue weighted by Gasteiger charge is 2.31. The van der Waals surface area contributed by atoms with E-state index in [0.717, 1.165) is 40.1 Å². The molecule has 0 N–H and O–H groups in total. The molecule has 1 aromatic heterocycles. The second-order valence-corrected chi connectivity index (χ2v) is 12.0. The highest BCUT2D eigenvalue weighted by atomic mass is 32.2. The molecular formula is C33H33F3N6O2S. The number of thioether (sulfide) groups is 1. The van der Waals surface area contributed by atoms with Crippen LogP contribution in [0.1, 0.15) is 49.8 Å². The highest BCUT2D eigenvalue weighted by Crippen LogP contribution is 2.34. The van der Waals surface area contributed by atoms with Crippen LogP contribution in [0.2, 0.25) is 0 Å². The number of alkyl halides is 3. The molecule has 234 valence electrons. The molecule has 1 aliphatic rings. The molecule has 4 aromatic rings. The lowest BCUT2D eigenvalue weighted by Gasteiger charge is -2.37. The Hall–Kier alpha value is -4.45. The lowest BCUT2D eigenvalue weighted by Crippen LogP contribution is -2.42. The summed E-state index contributed by atoms with van der Waals surface area (Å²) in [4.78, 5) is 28.4. The number of amidine groups is 1. The van der Waals surface area contributed by atoms with Gasteiger partial charge in [-0.3, -0.25) is 0 Å². The Morgan fingerprint density at radius 3 is 2.36 bits per heavy atom.